The minimum absolute atomic E-state index is 0.126. The average Bonchev–Trinajstić information content (AvgIpc) is 2.27. The quantitative estimate of drug-likeness (QED) is 0.781. The number of nitrogens with zero attached hydrogens (tertiary/aromatic N) is 1. The van der Waals surface area contributed by atoms with Crippen LogP contribution in [0.15, 0.2) is 24.3 Å². The van der Waals surface area contributed by atoms with Crippen molar-refractivity contribution in [2.75, 3.05) is 11.4 Å². The predicted molar refractivity (Wildman–Crippen MR) is 70.2 cm³/mol. The number of para-hydroxylation sites is 1. The largest absolute Gasteiger partial charge is 0.312 e. The Bertz CT molecular complexity index is 389. The van der Waals surface area contributed by atoms with Crippen LogP contribution in [0.2, 0.25) is 0 Å². The van der Waals surface area contributed by atoms with Gasteiger partial charge >= 0.3 is 0 Å². The van der Waals surface area contributed by atoms with E-state index in [-0.39, 0.29) is 11.2 Å². The highest BCUT2D eigenvalue weighted by Crippen LogP contribution is 2.27. The van der Waals surface area contributed by atoms with Crippen molar-refractivity contribution in [1.29, 1.82) is 0 Å². The minimum Gasteiger partial charge on any atom is -0.312 e. The molecule has 1 heterocycles. The fourth-order valence-corrected chi connectivity index (χ4v) is 2.31. The van der Waals surface area contributed by atoms with Crippen LogP contribution < -0.4 is 4.90 Å². The molecule has 1 aliphatic heterocycles. The Morgan fingerprint density at radius 1 is 1.50 bits per heavy atom. The standard InChI is InChI=1S/C13H17NOS/c1-10(16)9-13(15)14-8-4-6-11-5-2-3-7-12(11)14/h2-3,5,7,10,16H,4,6,8-9H2,1H3. The highest BCUT2D eigenvalue weighted by atomic mass is 32.1. The maximum absolute atomic E-state index is 12.0. The van der Waals surface area contributed by atoms with E-state index in [1.54, 1.807) is 0 Å². The first-order valence-corrected chi connectivity index (χ1v) is 6.26. The van der Waals surface area contributed by atoms with Crippen molar-refractivity contribution in [1.82, 2.24) is 0 Å². The third-order valence-corrected chi connectivity index (χ3v) is 3.06. The summed E-state index contributed by atoms with van der Waals surface area (Å²) in [6.07, 6.45) is 2.65. The summed E-state index contributed by atoms with van der Waals surface area (Å²) >= 11 is 4.28. The molecule has 0 bridgehead atoms. The molecule has 0 N–H and O–H groups in total. The van der Waals surface area contributed by atoms with E-state index >= 15 is 0 Å². The molecule has 2 rings (SSSR count). The number of carbonyl (C=O) groups is 1. The van der Waals surface area contributed by atoms with Crippen molar-refractivity contribution in [3.8, 4) is 0 Å². The number of anilines is 1. The van der Waals surface area contributed by atoms with Crippen LogP contribution in [0.5, 0.6) is 0 Å². The molecule has 86 valence electrons. The number of carbonyl (C=O) groups excluding carboxylic acids is 1. The van der Waals surface area contributed by atoms with Crippen molar-refractivity contribution >= 4 is 24.2 Å². The molecule has 1 atom stereocenters. The molecular formula is C13H17NOS. The lowest BCUT2D eigenvalue weighted by Gasteiger charge is -2.29. The highest BCUT2D eigenvalue weighted by molar-refractivity contribution is 7.80. The molecule has 1 aromatic carbocycles. The summed E-state index contributed by atoms with van der Waals surface area (Å²) < 4.78 is 0. The molecule has 1 aliphatic rings. The Balaban J connectivity index is 2.21. The maximum atomic E-state index is 12.0. The van der Waals surface area contributed by atoms with Crippen molar-refractivity contribution < 1.29 is 4.79 Å². The van der Waals surface area contributed by atoms with Gasteiger partial charge in [0.25, 0.3) is 0 Å². The molecule has 0 fully saturated rings. The van der Waals surface area contributed by atoms with Crippen molar-refractivity contribution in [3.05, 3.63) is 29.8 Å². The Morgan fingerprint density at radius 2 is 2.25 bits per heavy atom. The summed E-state index contributed by atoms with van der Waals surface area (Å²) in [5.41, 5.74) is 2.38. The number of amides is 1. The minimum atomic E-state index is 0.126. The second kappa shape index (κ2) is 4.91. The van der Waals surface area contributed by atoms with Crippen LogP contribution in [0.1, 0.15) is 25.3 Å². The van der Waals surface area contributed by atoms with E-state index in [1.807, 2.05) is 30.0 Å². The summed E-state index contributed by atoms with van der Waals surface area (Å²) in [4.78, 5) is 14.0. The lowest BCUT2D eigenvalue weighted by molar-refractivity contribution is -0.118. The van der Waals surface area contributed by atoms with Crippen molar-refractivity contribution in [2.45, 2.75) is 31.4 Å². The predicted octanol–water partition coefficient (Wildman–Crippen LogP) is 2.67. The van der Waals surface area contributed by atoms with Gasteiger partial charge in [0.05, 0.1) is 0 Å². The van der Waals surface area contributed by atoms with Gasteiger partial charge in [0.1, 0.15) is 0 Å². The lowest BCUT2D eigenvalue weighted by atomic mass is 10.0. The highest BCUT2D eigenvalue weighted by Gasteiger charge is 2.22. The monoisotopic (exact) mass is 235 g/mol. The zero-order chi connectivity index (χ0) is 11.5. The first kappa shape index (κ1) is 11.5. The van der Waals surface area contributed by atoms with E-state index in [9.17, 15) is 4.79 Å². The van der Waals surface area contributed by atoms with E-state index in [1.165, 1.54) is 5.56 Å². The molecule has 0 saturated carbocycles. The average molecular weight is 235 g/mol. The molecule has 1 amide bonds. The molecular weight excluding hydrogens is 218 g/mol. The van der Waals surface area contributed by atoms with Crippen LogP contribution in [0.25, 0.3) is 0 Å². The molecule has 0 saturated heterocycles. The van der Waals surface area contributed by atoms with E-state index in [2.05, 4.69) is 18.7 Å². The molecule has 0 aromatic heterocycles. The second-order valence-electron chi connectivity index (χ2n) is 4.33. The van der Waals surface area contributed by atoms with Crippen LogP contribution >= 0.6 is 12.6 Å². The first-order valence-electron chi connectivity index (χ1n) is 5.75. The van der Waals surface area contributed by atoms with Gasteiger partial charge in [-0.25, -0.2) is 0 Å². The maximum Gasteiger partial charge on any atom is 0.228 e. The Labute approximate surface area is 102 Å². The zero-order valence-electron chi connectivity index (χ0n) is 9.52. The summed E-state index contributed by atoms with van der Waals surface area (Å²) in [5, 5.41) is 0.126. The third-order valence-electron chi connectivity index (χ3n) is 2.88. The number of rotatable bonds is 2. The molecule has 0 spiro atoms. The van der Waals surface area contributed by atoms with Crippen LogP contribution in [-0.4, -0.2) is 17.7 Å². The van der Waals surface area contributed by atoms with Crippen LogP contribution in [0.4, 0.5) is 5.69 Å². The number of thiol groups is 1. The van der Waals surface area contributed by atoms with E-state index in [0.717, 1.165) is 25.1 Å². The molecule has 0 radical (unpaired) electrons. The molecule has 2 nitrogen and oxygen atoms in total. The van der Waals surface area contributed by atoms with Gasteiger partial charge in [0, 0.05) is 23.9 Å². The number of benzene rings is 1. The molecule has 1 aromatic rings. The van der Waals surface area contributed by atoms with Crippen LogP contribution in [0, 0.1) is 0 Å². The Hall–Kier alpha value is -0.960. The van der Waals surface area contributed by atoms with Crippen LogP contribution in [0.3, 0.4) is 0 Å². The normalized spacial score (nSPS) is 16.8. The van der Waals surface area contributed by atoms with Gasteiger partial charge in [-0.1, -0.05) is 25.1 Å². The number of aryl methyl sites for hydroxylation is 1. The summed E-state index contributed by atoms with van der Waals surface area (Å²) in [6.45, 7) is 2.80. The van der Waals surface area contributed by atoms with Crippen molar-refractivity contribution in [2.24, 2.45) is 0 Å². The summed E-state index contributed by atoms with van der Waals surface area (Å²) in [5.74, 6) is 0.189. The Morgan fingerprint density at radius 3 is 3.00 bits per heavy atom. The zero-order valence-corrected chi connectivity index (χ0v) is 10.4. The summed E-state index contributed by atoms with van der Waals surface area (Å²) in [7, 11) is 0. The van der Waals surface area contributed by atoms with Gasteiger partial charge in [-0.3, -0.25) is 4.79 Å². The molecule has 0 aliphatic carbocycles. The van der Waals surface area contributed by atoms with Gasteiger partial charge in [-0.05, 0) is 24.5 Å². The topological polar surface area (TPSA) is 20.3 Å². The van der Waals surface area contributed by atoms with E-state index in [4.69, 9.17) is 0 Å². The molecule has 1 unspecified atom stereocenters. The fourth-order valence-electron chi connectivity index (χ4n) is 2.16. The van der Waals surface area contributed by atoms with Gasteiger partial charge < -0.3 is 4.90 Å². The van der Waals surface area contributed by atoms with Gasteiger partial charge in [-0.2, -0.15) is 12.6 Å². The lowest BCUT2D eigenvalue weighted by Crippen LogP contribution is -2.36. The second-order valence-corrected chi connectivity index (χ2v) is 5.21. The van der Waals surface area contributed by atoms with Crippen molar-refractivity contribution in [3.63, 3.8) is 0 Å². The van der Waals surface area contributed by atoms with E-state index in [0.29, 0.717) is 6.42 Å². The van der Waals surface area contributed by atoms with Crippen LogP contribution in [-0.2, 0) is 11.2 Å². The fraction of sp³-hybridized carbons (Fsp3) is 0.462. The Kier molecular flexibility index (Phi) is 3.54. The van der Waals surface area contributed by atoms with E-state index < -0.39 is 0 Å². The molecule has 16 heavy (non-hydrogen) atoms. The van der Waals surface area contributed by atoms with Gasteiger partial charge in [0.15, 0.2) is 0 Å². The van der Waals surface area contributed by atoms with Gasteiger partial charge in [0.2, 0.25) is 5.91 Å². The SMILES string of the molecule is CC(S)CC(=O)N1CCCc2ccccc21. The smallest absolute Gasteiger partial charge is 0.228 e. The first-order chi connectivity index (χ1) is 7.68. The molecule has 3 heteroatoms. The third kappa shape index (κ3) is 2.40. The number of hydrogen-bond acceptors (Lipinski definition) is 2. The van der Waals surface area contributed by atoms with Gasteiger partial charge in [-0.15, -0.1) is 0 Å². The number of hydrogen-bond donors (Lipinski definition) is 1. The summed E-state index contributed by atoms with van der Waals surface area (Å²) in [6, 6.07) is 8.18. The number of fused-ring (bicyclic) bond motifs is 1.